The molecule has 38 heavy (non-hydrogen) atoms. The maximum Gasteiger partial charge on any atom is 0.261 e. The molecule has 0 unspecified atom stereocenters. The van der Waals surface area contributed by atoms with Crippen LogP contribution in [0.2, 0.25) is 10.0 Å². The Hall–Kier alpha value is -2.15. The van der Waals surface area contributed by atoms with Gasteiger partial charge in [-0.1, -0.05) is 51.3 Å². The Morgan fingerprint density at radius 3 is 2.26 bits per heavy atom. The van der Waals surface area contributed by atoms with Gasteiger partial charge in [0.25, 0.3) is 10.0 Å². The van der Waals surface area contributed by atoms with Crippen molar-refractivity contribution in [2.75, 3.05) is 23.1 Å². The molecule has 2 N–H and O–H groups in total. The van der Waals surface area contributed by atoms with Crippen LogP contribution in [0.15, 0.2) is 76.1 Å². The van der Waals surface area contributed by atoms with E-state index in [2.05, 4.69) is 26.0 Å². The second-order valence-corrected chi connectivity index (χ2v) is 14.2. The third-order valence-electron chi connectivity index (χ3n) is 6.06. The standard InChI is InChI=1S/C25H24BrCl2N3O5S2/c26-19-3-1-2-17(14-19)16-37(33,34)31-12-10-18(11-13-31)25(32)29-21-5-7-22(8-6-21)38(35,36)30-24-9-4-20(27)15-23(24)28/h1-9,14-15,18,30H,10-13,16H2,(H,29,32). The first-order valence-corrected chi connectivity index (χ1v) is 16.2. The monoisotopic (exact) mass is 659 g/mol. The van der Waals surface area contributed by atoms with E-state index in [1.54, 1.807) is 18.2 Å². The summed E-state index contributed by atoms with van der Waals surface area (Å²) >= 11 is 15.3. The Labute approximate surface area is 240 Å². The number of piperidine rings is 1. The summed E-state index contributed by atoms with van der Waals surface area (Å²) in [5.74, 6) is -0.697. The number of carbonyl (C=O) groups excluding carboxylic acids is 1. The largest absolute Gasteiger partial charge is 0.326 e. The SMILES string of the molecule is O=C(Nc1ccc(S(=O)(=O)Nc2ccc(Cl)cc2Cl)cc1)C1CCN(S(=O)(=O)Cc2cccc(Br)c2)CC1. The number of benzene rings is 3. The van der Waals surface area contributed by atoms with Crippen LogP contribution >= 0.6 is 39.1 Å². The molecule has 1 aliphatic heterocycles. The van der Waals surface area contributed by atoms with E-state index in [1.807, 2.05) is 6.07 Å². The van der Waals surface area contributed by atoms with Crippen molar-refractivity contribution in [3.63, 3.8) is 0 Å². The van der Waals surface area contributed by atoms with Crippen LogP contribution in [0.25, 0.3) is 0 Å². The van der Waals surface area contributed by atoms with Crippen LogP contribution in [0.4, 0.5) is 11.4 Å². The molecular weight excluding hydrogens is 637 g/mol. The lowest BCUT2D eigenvalue weighted by Crippen LogP contribution is -2.41. The topological polar surface area (TPSA) is 113 Å². The molecule has 4 rings (SSSR count). The van der Waals surface area contributed by atoms with E-state index in [-0.39, 0.29) is 46.3 Å². The van der Waals surface area contributed by atoms with Gasteiger partial charge in [0.05, 0.1) is 21.4 Å². The first kappa shape index (κ1) is 28.8. The smallest absolute Gasteiger partial charge is 0.261 e. The van der Waals surface area contributed by atoms with Gasteiger partial charge in [0.15, 0.2) is 0 Å². The zero-order valence-corrected chi connectivity index (χ0v) is 24.6. The summed E-state index contributed by atoms with van der Waals surface area (Å²) in [6.07, 6.45) is 0.781. The van der Waals surface area contributed by atoms with E-state index in [9.17, 15) is 21.6 Å². The third-order valence-corrected chi connectivity index (χ3v) is 10.3. The maximum absolute atomic E-state index is 12.8. The lowest BCUT2D eigenvalue weighted by Gasteiger charge is -2.30. The van der Waals surface area contributed by atoms with Crippen LogP contribution < -0.4 is 10.0 Å². The highest BCUT2D eigenvalue weighted by Gasteiger charge is 2.31. The molecule has 0 spiro atoms. The number of amides is 1. The molecule has 1 heterocycles. The van der Waals surface area contributed by atoms with Gasteiger partial charge in [-0.25, -0.2) is 21.1 Å². The number of rotatable bonds is 8. The number of carbonyl (C=O) groups is 1. The average Bonchev–Trinajstić information content (AvgIpc) is 2.86. The Bertz CT molecular complexity index is 1540. The van der Waals surface area contributed by atoms with Crippen molar-refractivity contribution >= 4 is 76.5 Å². The summed E-state index contributed by atoms with van der Waals surface area (Å²) in [4.78, 5) is 12.8. The van der Waals surface area contributed by atoms with Gasteiger partial charge in [0.1, 0.15) is 0 Å². The van der Waals surface area contributed by atoms with Crippen LogP contribution in [0.3, 0.4) is 0 Å². The van der Waals surface area contributed by atoms with E-state index >= 15 is 0 Å². The number of sulfonamides is 2. The number of anilines is 2. The predicted octanol–water partition coefficient (Wildman–Crippen LogP) is 5.74. The van der Waals surface area contributed by atoms with Gasteiger partial charge >= 0.3 is 0 Å². The fourth-order valence-corrected chi connectivity index (χ4v) is 7.65. The van der Waals surface area contributed by atoms with Gasteiger partial charge in [0, 0.05) is 34.2 Å². The Kier molecular flexibility index (Phi) is 9.06. The van der Waals surface area contributed by atoms with Gasteiger partial charge in [-0.15, -0.1) is 0 Å². The number of hydrogen-bond donors (Lipinski definition) is 2. The molecule has 13 heteroatoms. The Balaban J connectivity index is 1.32. The molecule has 1 aliphatic rings. The highest BCUT2D eigenvalue weighted by molar-refractivity contribution is 9.10. The third kappa shape index (κ3) is 7.28. The van der Waals surface area contributed by atoms with Gasteiger partial charge in [0.2, 0.25) is 15.9 Å². The zero-order valence-electron chi connectivity index (χ0n) is 19.9. The molecule has 3 aromatic carbocycles. The van der Waals surface area contributed by atoms with Crippen LogP contribution in [-0.2, 0) is 30.6 Å². The number of hydrogen-bond acceptors (Lipinski definition) is 5. The van der Waals surface area contributed by atoms with E-state index in [0.29, 0.717) is 29.1 Å². The summed E-state index contributed by atoms with van der Waals surface area (Å²) in [5.41, 5.74) is 1.32. The van der Waals surface area contributed by atoms with E-state index < -0.39 is 20.0 Å². The zero-order chi connectivity index (χ0) is 27.5. The van der Waals surface area contributed by atoms with Crippen molar-refractivity contribution in [3.8, 4) is 0 Å². The van der Waals surface area contributed by atoms with Crippen molar-refractivity contribution in [2.45, 2.75) is 23.5 Å². The Morgan fingerprint density at radius 2 is 1.63 bits per heavy atom. The molecule has 1 fully saturated rings. The van der Waals surface area contributed by atoms with E-state index in [4.69, 9.17) is 23.2 Å². The average molecular weight is 661 g/mol. The molecule has 1 saturated heterocycles. The molecule has 202 valence electrons. The normalized spacial score (nSPS) is 15.2. The summed E-state index contributed by atoms with van der Waals surface area (Å²) in [7, 11) is -7.42. The van der Waals surface area contributed by atoms with Crippen molar-refractivity contribution in [3.05, 3.63) is 86.8 Å². The second-order valence-electron chi connectivity index (χ2n) is 8.80. The quantitative estimate of drug-likeness (QED) is 0.320. The molecule has 0 aliphatic carbocycles. The number of halogens is 3. The molecule has 1 amide bonds. The van der Waals surface area contributed by atoms with Crippen LogP contribution in [-0.4, -0.2) is 40.1 Å². The van der Waals surface area contributed by atoms with Gasteiger partial charge < -0.3 is 5.32 Å². The highest BCUT2D eigenvalue weighted by Crippen LogP contribution is 2.28. The van der Waals surface area contributed by atoms with Crippen LogP contribution in [0.5, 0.6) is 0 Å². The lowest BCUT2D eigenvalue weighted by atomic mass is 9.97. The van der Waals surface area contributed by atoms with Crippen molar-refractivity contribution in [1.82, 2.24) is 4.31 Å². The minimum Gasteiger partial charge on any atom is -0.326 e. The van der Waals surface area contributed by atoms with Gasteiger partial charge in [-0.2, -0.15) is 0 Å². The van der Waals surface area contributed by atoms with Crippen molar-refractivity contribution < 1.29 is 21.6 Å². The number of nitrogens with one attached hydrogen (secondary N) is 2. The minimum atomic E-state index is -3.91. The van der Waals surface area contributed by atoms with Crippen molar-refractivity contribution in [2.24, 2.45) is 5.92 Å². The first-order chi connectivity index (χ1) is 17.9. The minimum absolute atomic E-state index is 0.00882. The fraction of sp³-hybridized carbons (Fsp3) is 0.240. The molecule has 0 aromatic heterocycles. The molecular formula is C25H24BrCl2N3O5S2. The Morgan fingerprint density at radius 1 is 0.947 bits per heavy atom. The number of nitrogens with zero attached hydrogens (tertiary/aromatic N) is 1. The van der Waals surface area contributed by atoms with E-state index in [1.165, 1.54) is 46.8 Å². The van der Waals surface area contributed by atoms with E-state index in [0.717, 1.165) is 4.47 Å². The lowest BCUT2D eigenvalue weighted by molar-refractivity contribution is -0.120. The summed E-state index contributed by atoms with van der Waals surface area (Å²) in [5, 5.41) is 3.34. The molecule has 0 radical (unpaired) electrons. The predicted molar refractivity (Wildman–Crippen MR) is 153 cm³/mol. The molecule has 0 bridgehead atoms. The second kappa shape index (κ2) is 11.9. The molecule has 0 saturated carbocycles. The maximum atomic E-state index is 12.8. The van der Waals surface area contributed by atoms with Gasteiger partial charge in [-0.05, 0) is 73.0 Å². The summed E-state index contributed by atoms with van der Waals surface area (Å²) in [6.45, 7) is 0.509. The van der Waals surface area contributed by atoms with Crippen LogP contribution in [0, 0.1) is 5.92 Å². The molecule has 0 atom stereocenters. The highest BCUT2D eigenvalue weighted by atomic mass is 79.9. The van der Waals surface area contributed by atoms with Crippen molar-refractivity contribution in [1.29, 1.82) is 0 Å². The fourth-order valence-electron chi connectivity index (χ4n) is 4.06. The summed E-state index contributed by atoms with van der Waals surface area (Å²) < 4.78 is 55.8. The summed E-state index contributed by atoms with van der Waals surface area (Å²) in [6, 6.07) is 17.3. The molecule has 3 aromatic rings. The van der Waals surface area contributed by atoms with Gasteiger partial charge in [-0.3, -0.25) is 9.52 Å². The van der Waals surface area contributed by atoms with Crippen LogP contribution in [0.1, 0.15) is 18.4 Å². The first-order valence-electron chi connectivity index (χ1n) is 11.5. The molecule has 8 nitrogen and oxygen atoms in total.